The van der Waals surface area contributed by atoms with Crippen LogP contribution in [0.4, 0.5) is 19.0 Å². The van der Waals surface area contributed by atoms with E-state index in [9.17, 15) is 18.0 Å². The van der Waals surface area contributed by atoms with Gasteiger partial charge in [-0.15, -0.1) is 10.2 Å². The first-order chi connectivity index (χ1) is 19.0. The number of hydrogen-bond donors (Lipinski definition) is 0. The van der Waals surface area contributed by atoms with Crippen LogP contribution in [-0.4, -0.2) is 76.1 Å². The van der Waals surface area contributed by atoms with Crippen LogP contribution in [0.1, 0.15) is 43.3 Å². The first-order valence-electron chi connectivity index (χ1n) is 14.2. The van der Waals surface area contributed by atoms with Crippen LogP contribution in [0.3, 0.4) is 0 Å². The number of piperidine rings is 1. The molecule has 216 valence electrons. The number of hydrogen-bond acceptors (Lipinski definition) is 6. The van der Waals surface area contributed by atoms with Gasteiger partial charge in [0.15, 0.2) is 0 Å². The fourth-order valence-corrected chi connectivity index (χ4v) is 7.15. The van der Waals surface area contributed by atoms with Gasteiger partial charge in [-0.05, 0) is 62.3 Å². The van der Waals surface area contributed by atoms with Crippen LogP contribution in [-0.2, 0) is 28.4 Å². The van der Waals surface area contributed by atoms with Crippen LogP contribution in [0, 0.1) is 30.6 Å². The molecule has 11 heteroatoms. The van der Waals surface area contributed by atoms with Crippen molar-refractivity contribution >= 4 is 11.7 Å². The minimum absolute atomic E-state index is 0.00894. The number of nitrogens with zero attached hydrogens (tertiary/aromatic N) is 6. The smallest absolute Gasteiger partial charge is 0.379 e. The van der Waals surface area contributed by atoms with E-state index in [0.29, 0.717) is 50.0 Å². The van der Waals surface area contributed by atoms with Crippen molar-refractivity contribution in [2.24, 2.45) is 30.7 Å². The molecule has 6 rings (SSSR count). The topological polar surface area (TPSA) is 76.4 Å². The molecule has 5 heterocycles. The number of aryl methyl sites for hydroxylation is 2. The average Bonchev–Trinajstić information content (AvgIpc) is 3.42. The van der Waals surface area contributed by atoms with Crippen LogP contribution in [0.5, 0.6) is 0 Å². The monoisotopic (exact) mass is 558 g/mol. The Balaban J connectivity index is 1.27. The number of carbonyl (C=O) groups excluding carboxylic acids is 1. The zero-order valence-electron chi connectivity index (χ0n) is 23.3. The molecule has 3 fully saturated rings. The molecule has 0 spiro atoms. The maximum absolute atomic E-state index is 14.3. The van der Waals surface area contributed by atoms with Crippen LogP contribution in [0.25, 0.3) is 0 Å². The molecule has 3 aliphatic heterocycles. The molecule has 1 aliphatic carbocycles. The Labute approximate surface area is 232 Å². The lowest BCUT2D eigenvalue weighted by atomic mass is 9.75. The number of amides is 1. The fraction of sp³-hybridized carbons (Fsp3) is 0.655. The van der Waals surface area contributed by atoms with E-state index >= 15 is 0 Å². The third-order valence-electron chi connectivity index (χ3n) is 9.27. The quantitative estimate of drug-likeness (QED) is 0.502. The lowest BCUT2D eigenvalue weighted by molar-refractivity contribution is -0.123. The van der Waals surface area contributed by atoms with Crippen molar-refractivity contribution in [2.75, 3.05) is 44.3 Å². The number of alkyl halides is 3. The predicted octanol–water partition coefficient (Wildman–Crippen LogP) is 3.85. The molecular formula is C29H37F3N6O2. The maximum atomic E-state index is 14.3. The summed E-state index contributed by atoms with van der Waals surface area (Å²) in [6.45, 7) is 7.37. The second-order valence-corrected chi connectivity index (χ2v) is 12.4. The minimum atomic E-state index is -4.47. The van der Waals surface area contributed by atoms with Gasteiger partial charge >= 0.3 is 6.18 Å². The summed E-state index contributed by atoms with van der Waals surface area (Å²) < 4.78 is 50.5. The van der Waals surface area contributed by atoms with E-state index in [4.69, 9.17) is 4.74 Å². The van der Waals surface area contributed by atoms with E-state index in [1.165, 1.54) is 11.0 Å². The number of halogens is 3. The summed E-state index contributed by atoms with van der Waals surface area (Å²) in [5.74, 6) is -0.352. The molecule has 4 atom stereocenters. The van der Waals surface area contributed by atoms with E-state index < -0.39 is 23.6 Å². The molecule has 0 saturated carbocycles. The van der Waals surface area contributed by atoms with Gasteiger partial charge in [-0.2, -0.15) is 13.2 Å². The molecule has 0 bridgehead atoms. The number of rotatable bonds is 6. The molecule has 0 radical (unpaired) electrons. The van der Waals surface area contributed by atoms with E-state index in [-0.39, 0.29) is 23.8 Å². The molecule has 40 heavy (non-hydrogen) atoms. The number of likely N-dealkylation sites (tertiary alicyclic amines) is 1. The van der Waals surface area contributed by atoms with Gasteiger partial charge in [-0.25, -0.2) is 4.98 Å². The molecule has 1 amide bonds. The van der Waals surface area contributed by atoms with Crippen molar-refractivity contribution in [3.63, 3.8) is 0 Å². The van der Waals surface area contributed by atoms with Crippen LogP contribution >= 0.6 is 0 Å². The summed E-state index contributed by atoms with van der Waals surface area (Å²) >= 11 is 0. The van der Waals surface area contributed by atoms with Gasteiger partial charge in [0.1, 0.15) is 18.0 Å². The second kappa shape index (κ2) is 10.2. The highest BCUT2D eigenvalue weighted by Gasteiger charge is 2.53. The highest BCUT2D eigenvalue weighted by atomic mass is 19.4. The Kier molecular flexibility index (Phi) is 7.01. The third kappa shape index (κ3) is 5.06. The molecular weight excluding hydrogens is 521 g/mol. The van der Waals surface area contributed by atoms with Gasteiger partial charge < -0.3 is 14.2 Å². The van der Waals surface area contributed by atoms with E-state index in [1.54, 1.807) is 6.33 Å². The lowest BCUT2D eigenvalue weighted by Crippen LogP contribution is -2.49. The molecule has 3 unspecified atom stereocenters. The molecule has 2 aromatic rings. The highest BCUT2D eigenvalue weighted by molar-refractivity contribution is 5.97. The molecule has 3 saturated heterocycles. The Morgan fingerprint density at radius 2 is 1.98 bits per heavy atom. The van der Waals surface area contributed by atoms with Crippen molar-refractivity contribution in [2.45, 2.75) is 51.1 Å². The summed E-state index contributed by atoms with van der Waals surface area (Å²) in [7, 11) is 1.89. The minimum Gasteiger partial charge on any atom is -0.379 e. The predicted molar refractivity (Wildman–Crippen MR) is 143 cm³/mol. The summed E-state index contributed by atoms with van der Waals surface area (Å²) in [4.78, 5) is 22.2. The van der Waals surface area contributed by atoms with Crippen LogP contribution < -0.4 is 4.90 Å². The van der Waals surface area contributed by atoms with Crippen LogP contribution in [0.2, 0.25) is 0 Å². The molecule has 0 aromatic carbocycles. The normalized spacial score (nSPS) is 28.8. The fourth-order valence-electron chi connectivity index (χ4n) is 7.15. The molecule has 2 aromatic heterocycles. The van der Waals surface area contributed by atoms with E-state index in [2.05, 4.69) is 27.0 Å². The largest absolute Gasteiger partial charge is 0.412 e. The first kappa shape index (κ1) is 27.4. The van der Waals surface area contributed by atoms with Crippen LogP contribution in [0.15, 0.2) is 30.1 Å². The Morgan fingerprint density at radius 3 is 2.62 bits per heavy atom. The van der Waals surface area contributed by atoms with Gasteiger partial charge in [-0.1, -0.05) is 13.0 Å². The molecule has 0 N–H and O–H groups in total. The van der Waals surface area contributed by atoms with Crippen molar-refractivity contribution in [1.82, 2.24) is 24.6 Å². The van der Waals surface area contributed by atoms with E-state index in [0.717, 1.165) is 37.3 Å². The van der Waals surface area contributed by atoms with Gasteiger partial charge in [0.2, 0.25) is 5.91 Å². The standard InChI is InChI=1S/C29H37F3N6O2/c1-18-5-4-6-37(12-18)13-20-8-22-23(24(9-20)29(30,31)32)14-38(27(22)39)25-10-21(7-19(2)34-25)28(15-40-16-28)11-26-35-33-17-36(26)3/h7,9-10,17-18,20,22-23H,4-6,8,11-16H2,1-3H3/t18-,20?,22?,23?/m0/s1. The maximum Gasteiger partial charge on any atom is 0.412 e. The zero-order valence-corrected chi connectivity index (χ0v) is 23.3. The summed E-state index contributed by atoms with van der Waals surface area (Å²) in [5.41, 5.74) is 0.763. The van der Waals surface area contributed by atoms with Crippen molar-refractivity contribution in [1.29, 1.82) is 0 Å². The summed E-state index contributed by atoms with van der Waals surface area (Å²) in [5, 5.41) is 8.22. The molecule has 4 aliphatic rings. The number of anilines is 1. The zero-order chi connectivity index (χ0) is 28.2. The Bertz CT molecular complexity index is 1300. The summed E-state index contributed by atoms with van der Waals surface area (Å²) in [6, 6.07) is 3.84. The number of aromatic nitrogens is 4. The number of fused-ring (bicyclic) bond motifs is 1. The summed E-state index contributed by atoms with van der Waals surface area (Å²) in [6.07, 6.45) is 1.86. The van der Waals surface area contributed by atoms with Gasteiger partial charge in [-0.3, -0.25) is 9.69 Å². The number of pyridine rings is 1. The SMILES string of the molecule is Cc1cc(C2(Cc3nncn3C)COC2)cc(N2CC3C(C(F)(F)F)=CC(CN4CCC[C@H](C)C4)CC3C2=O)n1. The lowest BCUT2D eigenvalue weighted by Gasteiger charge is -2.42. The van der Waals surface area contributed by atoms with Crippen molar-refractivity contribution in [3.05, 3.63) is 47.2 Å². The molecule has 8 nitrogen and oxygen atoms in total. The van der Waals surface area contributed by atoms with Gasteiger partial charge in [0.05, 0.1) is 13.2 Å². The van der Waals surface area contributed by atoms with Gasteiger partial charge in [0, 0.05) is 61.6 Å². The first-order valence-corrected chi connectivity index (χ1v) is 14.2. The third-order valence-corrected chi connectivity index (χ3v) is 9.27. The average molecular weight is 559 g/mol. The highest BCUT2D eigenvalue weighted by Crippen LogP contribution is 2.47. The number of ether oxygens (including phenoxy) is 1. The van der Waals surface area contributed by atoms with E-state index in [1.807, 2.05) is 30.7 Å². The Morgan fingerprint density at radius 1 is 1.18 bits per heavy atom. The number of carbonyl (C=O) groups is 1. The Hall–Kier alpha value is -2.79. The van der Waals surface area contributed by atoms with Crippen molar-refractivity contribution < 1.29 is 22.7 Å². The second-order valence-electron chi connectivity index (χ2n) is 12.4. The van der Waals surface area contributed by atoms with Gasteiger partial charge in [0.25, 0.3) is 0 Å². The van der Waals surface area contributed by atoms with Crippen molar-refractivity contribution in [3.8, 4) is 0 Å².